The Bertz CT molecular complexity index is 1030. The van der Waals surface area contributed by atoms with Crippen molar-refractivity contribution >= 4 is 15.9 Å². The number of aryl methyl sites for hydroxylation is 2. The zero-order valence-corrected chi connectivity index (χ0v) is 17.5. The van der Waals surface area contributed by atoms with Crippen molar-refractivity contribution in [3.63, 3.8) is 0 Å². The predicted octanol–water partition coefficient (Wildman–Crippen LogP) is 3.91. The monoisotopic (exact) mass is 440 g/mol. The molecule has 3 rings (SSSR count). The fourth-order valence-corrected chi connectivity index (χ4v) is 5.22. The largest absolute Gasteiger partial charge is 0.416 e. The Morgan fingerprint density at radius 2 is 1.63 bits per heavy atom. The Balaban J connectivity index is 1.61. The first kappa shape index (κ1) is 22.3. The van der Waals surface area contributed by atoms with Gasteiger partial charge in [0.25, 0.3) is 5.91 Å². The molecule has 0 atom stereocenters. The molecule has 1 aliphatic rings. The number of hydrogen-bond acceptors (Lipinski definition) is 3. The predicted molar refractivity (Wildman–Crippen MR) is 107 cm³/mol. The number of nitrogens with zero attached hydrogens (tertiary/aromatic N) is 1. The summed E-state index contributed by atoms with van der Waals surface area (Å²) in [7, 11) is -3.62. The molecule has 1 aliphatic heterocycles. The third-order valence-electron chi connectivity index (χ3n) is 5.21. The lowest BCUT2D eigenvalue weighted by Gasteiger charge is -2.32. The molecule has 1 fully saturated rings. The molecule has 1 N–H and O–H groups in total. The van der Waals surface area contributed by atoms with Crippen molar-refractivity contribution in [3.05, 3.63) is 64.7 Å². The van der Waals surface area contributed by atoms with Crippen molar-refractivity contribution in [2.45, 2.75) is 43.8 Å². The van der Waals surface area contributed by atoms with Crippen LogP contribution in [0.15, 0.2) is 47.4 Å². The van der Waals surface area contributed by atoms with Gasteiger partial charge in [-0.15, -0.1) is 0 Å². The van der Waals surface area contributed by atoms with Crippen molar-refractivity contribution in [1.29, 1.82) is 0 Å². The minimum Gasteiger partial charge on any atom is -0.349 e. The number of benzene rings is 2. The van der Waals surface area contributed by atoms with Crippen LogP contribution in [0.3, 0.4) is 0 Å². The van der Waals surface area contributed by atoms with Gasteiger partial charge in [-0.1, -0.05) is 17.7 Å². The summed E-state index contributed by atoms with van der Waals surface area (Å²) in [4.78, 5) is 12.6. The number of hydrogen-bond donors (Lipinski definition) is 1. The van der Waals surface area contributed by atoms with Gasteiger partial charge in [0, 0.05) is 24.7 Å². The maximum absolute atomic E-state index is 12.9. The van der Waals surface area contributed by atoms with E-state index in [1.807, 2.05) is 13.0 Å². The zero-order valence-electron chi connectivity index (χ0n) is 16.7. The highest BCUT2D eigenvalue weighted by Gasteiger charge is 2.32. The van der Waals surface area contributed by atoms with E-state index in [1.54, 1.807) is 19.1 Å². The van der Waals surface area contributed by atoms with Gasteiger partial charge in [0.05, 0.1) is 10.5 Å². The molecule has 1 saturated heterocycles. The van der Waals surface area contributed by atoms with E-state index in [4.69, 9.17) is 0 Å². The second-order valence-electron chi connectivity index (χ2n) is 7.50. The number of halogens is 3. The summed E-state index contributed by atoms with van der Waals surface area (Å²) in [6, 6.07) is 8.96. The molecule has 5 nitrogen and oxygen atoms in total. The average Bonchev–Trinajstić information content (AvgIpc) is 2.67. The zero-order chi connectivity index (χ0) is 22.1. The summed E-state index contributed by atoms with van der Waals surface area (Å²) in [6.07, 6.45) is -3.60. The van der Waals surface area contributed by atoms with Crippen molar-refractivity contribution in [3.8, 4) is 0 Å². The van der Waals surface area contributed by atoms with Gasteiger partial charge < -0.3 is 5.32 Å². The quantitative estimate of drug-likeness (QED) is 0.784. The molecule has 0 aliphatic carbocycles. The van der Waals surface area contributed by atoms with E-state index in [0.717, 1.165) is 29.8 Å². The van der Waals surface area contributed by atoms with Crippen LogP contribution in [0.5, 0.6) is 0 Å². The normalized spacial score (nSPS) is 16.4. The summed E-state index contributed by atoms with van der Waals surface area (Å²) in [5.74, 6) is -0.473. The Hall–Kier alpha value is -2.39. The highest BCUT2D eigenvalue weighted by molar-refractivity contribution is 7.89. The fraction of sp³-hybridized carbons (Fsp3) is 0.381. The maximum Gasteiger partial charge on any atom is 0.416 e. The molecule has 1 heterocycles. The lowest BCUT2D eigenvalue weighted by atomic mass is 10.1. The summed E-state index contributed by atoms with van der Waals surface area (Å²) in [5, 5.41) is 2.78. The summed E-state index contributed by atoms with van der Waals surface area (Å²) < 4.78 is 65.2. The lowest BCUT2D eigenvalue weighted by molar-refractivity contribution is -0.137. The van der Waals surface area contributed by atoms with Crippen LogP contribution in [0.1, 0.15) is 39.9 Å². The van der Waals surface area contributed by atoms with Crippen LogP contribution < -0.4 is 5.32 Å². The Morgan fingerprint density at radius 3 is 2.17 bits per heavy atom. The van der Waals surface area contributed by atoms with Gasteiger partial charge in [0.15, 0.2) is 0 Å². The molecule has 1 amide bonds. The molecule has 0 aromatic heterocycles. The van der Waals surface area contributed by atoms with Crippen molar-refractivity contribution in [1.82, 2.24) is 9.62 Å². The number of carbonyl (C=O) groups excluding carboxylic acids is 1. The van der Waals surface area contributed by atoms with Crippen LogP contribution in [-0.4, -0.2) is 37.8 Å². The van der Waals surface area contributed by atoms with E-state index >= 15 is 0 Å². The van der Waals surface area contributed by atoms with E-state index in [0.29, 0.717) is 18.4 Å². The average molecular weight is 440 g/mol. The van der Waals surface area contributed by atoms with Crippen molar-refractivity contribution in [2.24, 2.45) is 0 Å². The molecule has 2 aromatic carbocycles. The molecule has 0 saturated carbocycles. The number of carbonyl (C=O) groups is 1. The highest BCUT2D eigenvalue weighted by Crippen LogP contribution is 2.29. The maximum atomic E-state index is 12.9. The van der Waals surface area contributed by atoms with Gasteiger partial charge >= 0.3 is 6.18 Å². The third kappa shape index (κ3) is 4.84. The molecule has 0 spiro atoms. The van der Waals surface area contributed by atoms with Gasteiger partial charge in [-0.2, -0.15) is 17.5 Å². The molecule has 2 aromatic rings. The minimum absolute atomic E-state index is 0.133. The second kappa shape index (κ2) is 8.39. The van der Waals surface area contributed by atoms with Crippen LogP contribution in [0.25, 0.3) is 0 Å². The lowest BCUT2D eigenvalue weighted by Crippen LogP contribution is -2.46. The fourth-order valence-electron chi connectivity index (χ4n) is 3.55. The topological polar surface area (TPSA) is 66.5 Å². The van der Waals surface area contributed by atoms with Crippen LogP contribution in [0.4, 0.5) is 13.2 Å². The molecule has 30 heavy (non-hydrogen) atoms. The van der Waals surface area contributed by atoms with E-state index in [-0.39, 0.29) is 29.6 Å². The first-order chi connectivity index (χ1) is 14.0. The number of alkyl halides is 3. The Kier molecular flexibility index (Phi) is 6.24. The molecular weight excluding hydrogens is 417 g/mol. The van der Waals surface area contributed by atoms with Gasteiger partial charge in [0.1, 0.15) is 0 Å². The number of rotatable bonds is 4. The standard InChI is InChI=1S/C21H23F3N2O3S/c1-14-3-8-19(15(2)13-14)30(28,29)26-11-9-18(10-12-26)25-20(27)16-4-6-17(7-5-16)21(22,23)24/h3-8,13,18H,9-12H2,1-2H3,(H,25,27). The van der Waals surface area contributed by atoms with E-state index in [1.165, 1.54) is 4.31 Å². The van der Waals surface area contributed by atoms with Gasteiger partial charge in [-0.3, -0.25) is 4.79 Å². The van der Waals surface area contributed by atoms with Crippen LogP contribution in [-0.2, 0) is 16.2 Å². The molecule has 0 radical (unpaired) electrons. The molecule has 9 heteroatoms. The summed E-state index contributed by atoms with van der Waals surface area (Å²) in [5.41, 5.74) is 0.987. The molecule has 0 bridgehead atoms. The number of nitrogens with one attached hydrogen (secondary N) is 1. The number of piperidine rings is 1. The second-order valence-corrected chi connectivity index (χ2v) is 9.40. The number of amides is 1. The van der Waals surface area contributed by atoms with Crippen LogP contribution >= 0.6 is 0 Å². The Morgan fingerprint density at radius 1 is 1.03 bits per heavy atom. The van der Waals surface area contributed by atoms with Gasteiger partial charge in [0.2, 0.25) is 10.0 Å². The van der Waals surface area contributed by atoms with Gasteiger partial charge in [-0.05, 0) is 62.6 Å². The molecule has 0 unspecified atom stereocenters. The minimum atomic E-state index is -4.46. The number of sulfonamides is 1. The summed E-state index contributed by atoms with van der Waals surface area (Å²) >= 11 is 0. The first-order valence-corrected chi connectivity index (χ1v) is 11.0. The smallest absolute Gasteiger partial charge is 0.349 e. The van der Waals surface area contributed by atoms with Crippen molar-refractivity contribution in [2.75, 3.05) is 13.1 Å². The molecule has 162 valence electrons. The van der Waals surface area contributed by atoms with E-state index in [2.05, 4.69) is 5.32 Å². The highest BCUT2D eigenvalue weighted by atomic mass is 32.2. The van der Waals surface area contributed by atoms with E-state index in [9.17, 15) is 26.4 Å². The van der Waals surface area contributed by atoms with Crippen molar-refractivity contribution < 1.29 is 26.4 Å². The SMILES string of the molecule is Cc1ccc(S(=O)(=O)N2CCC(NC(=O)c3ccc(C(F)(F)F)cc3)CC2)c(C)c1. The molecular formula is C21H23F3N2O3S. The summed E-state index contributed by atoms with van der Waals surface area (Å²) in [6.45, 7) is 4.17. The third-order valence-corrected chi connectivity index (χ3v) is 7.27. The van der Waals surface area contributed by atoms with Crippen LogP contribution in [0.2, 0.25) is 0 Å². The van der Waals surface area contributed by atoms with Gasteiger partial charge in [-0.25, -0.2) is 8.42 Å². The van der Waals surface area contributed by atoms with Crippen LogP contribution in [0, 0.1) is 13.8 Å². The Labute approximate surface area is 173 Å². The van der Waals surface area contributed by atoms with E-state index < -0.39 is 27.7 Å². The first-order valence-electron chi connectivity index (χ1n) is 9.54.